The van der Waals surface area contributed by atoms with Gasteiger partial charge in [-0.2, -0.15) is 5.26 Å². The Morgan fingerprint density at radius 2 is 2.23 bits per heavy atom. The molecular weight excluding hydrogens is 162 g/mol. The standard InChI is InChI=1S/C11H19NO/c1-4-13-11(8-12)7-5-6-9(2)10(11)3/h9-10H,4-7H2,1-3H3. The fraction of sp³-hybridized carbons (Fsp3) is 0.909. The summed E-state index contributed by atoms with van der Waals surface area (Å²) in [4.78, 5) is 0. The van der Waals surface area contributed by atoms with E-state index in [0.717, 1.165) is 12.8 Å². The first-order valence-electron chi connectivity index (χ1n) is 5.21. The zero-order valence-corrected chi connectivity index (χ0v) is 8.84. The van der Waals surface area contributed by atoms with Crippen LogP contribution in [0.25, 0.3) is 0 Å². The van der Waals surface area contributed by atoms with Gasteiger partial charge in [-0.3, -0.25) is 0 Å². The Hall–Kier alpha value is -0.550. The molecule has 0 aromatic heterocycles. The molecule has 0 aliphatic heterocycles. The molecule has 74 valence electrons. The lowest BCUT2D eigenvalue weighted by Gasteiger charge is -2.40. The highest BCUT2D eigenvalue weighted by Gasteiger charge is 2.42. The Bertz CT molecular complexity index is 205. The number of ether oxygens (including phenoxy) is 1. The second-order valence-corrected chi connectivity index (χ2v) is 4.09. The largest absolute Gasteiger partial charge is 0.360 e. The Morgan fingerprint density at radius 3 is 2.77 bits per heavy atom. The van der Waals surface area contributed by atoms with Crippen LogP contribution in [0.5, 0.6) is 0 Å². The highest BCUT2D eigenvalue weighted by atomic mass is 16.5. The normalized spacial score (nSPS) is 39.8. The number of rotatable bonds is 2. The zero-order valence-electron chi connectivity index (χ0n) is 8.84. The lowest BCUT2D eigenvalue weighted by atomic mass is 9.71. The van der Waals surface area contributed by atoms with Crippen LogP contribution in [-0.2, 0) is 4.74 Å². The van der Waals surface area contributed by atoms with Gasteiger partial charge < -0.3 is 4.74 Å². The second-order valence-electron chi connectivity index (χ2n) is 4.09. The van der Waals surface area contributed by atoms with Crippen LogP contribution >= 0.6 is 0 Å². The average molecular weight is 181 g/mol. The predicted octanol–water partition coefficient (Wildman–Crippen LogP) is 2.74. The van der Waals surface area contributed by atoms with E-state index in [-0.39, 0.29) is 0 Å². The van der Waals surface area contributed by atoms with Gasteiger partial charge in [0, 0.05) is 12.5 Å². The van der Waals surface area contributed by atoms with E-state index in [1.807, 2.05) is 6.92 Å². The Labute approximate surface area is 80.9 Å². The first kappa shape index (κ1) is 10.5. The van der Waals surface area contributed by atoms with Crippen LogP contribution in [0.15, 0.2) is 0 Å². The summed E-state index contributed by atoms with van der Waals surface area (Å²) < 4.78 is 5.64. The number of hydrogen-bond acceptors (Lipinski definition) is 2. The van der Waals surface area contributed by atoms with Crippen LogP contribution in [0.4, 0.5) is 0 Å². The van der Waals surface area contributed by atoms with Crippen LogP contribution in [-0.4, -0.2) is 12.2 Å². The lowest BCUT2D eigenvalue weighted by molar-refractivity contribution is -0.0730. The Kier molecular flexibility index (Phi) is 3.33. The van der Waals surface area contributed by atoms with E-state index >= 15 is 0 Å². The van der Waals surface area contributed by atoms with Gasteiger partial charge in [0.25, 0.3) is 0 Å². The predicted molar refractivity (Wildman–Crippen MR) is 52.1 cm³/mol. The fourth-order valence-corrected chi connectivity index (χ4v) is 2.28. The highest BCUT2D eigenvalue weighted by Crippen LogP contribution is 2.39. The molecule has 0 N–H and O–H groups in total. The van der Waals surface area contributed by atoms with E-state index in [4.69, 9.17) is 4.74 Å². The molecule has 0 aromatic rings. The maximum atomic E-state index is 9.19. The molecule has 0 heterocycles. The van der Waals surface area contributed by atoms with E-state index in [0.29, 0.717) is 18.4 Å². The first-order chi connectivity index (χ1) is 6.16. The molecule has 1 fully saturated rings. The van der Waals surface area contributed by atoms with Crippen molar-refractivity contribution in [1.82, 2.24) is 0 Å². The quantitative estimate of drug-likeness (QED) is 0.656. The summed E-state index contributed by atoms with van der Waals surface area (Å²) in [6, 6.07) is 2.38. The van der Waals surface area contributed by atoms with Crippen molar-refractivity contribution >= 4 is 0 Å². The molecule has 3 atom stereocenters. The molecule has 1 aliphatic rings. The highest BCUT2D eigenvalue weighted by molar-refractivity contribution is 5.08. The van der Waals surface area contributed by atoms with Gasteiger partial charge in [0.1, 0.15) is 0 Å². The maximum Gasteiger partial charge on any atom is 0.156 e. The van der Waals surface area contributed by atoms with Gasteiger partial charge in [0.15, 0.2) is 5.60 Å². The van der Waals surface area contributed by atoms with Gasteiger partial charge in [0.2, 0.25) is 0 Å². The van der Waals surface area contributed by atoms with Crippen LogP contribution in [0.3, 0.4) is 0 Å². The van der Waals surface area contributed by atoms with Crippen molar-refractivity contribution in [2.45, 2.75) is 45.6 Å². The van der Waals surface area contributed by atoms with Crippen LogP contribution < -0.4 is 0 Å². The van der Waals surface area contributed by atoms with Crippen LogP contribution in [0.2, 0.25) is 0 Å². The van der Waals surface area contributed by atoms with Crippen molar-refractivity contribution < 1.29 is 4.74 Å². The number of nitrogens with zero attached hydrogens (tertiary/aromatic N) is 1. The molecule has 1 aliphatic carbocycles. The summed E-state index contributed by atoms with van der Waals surface area (Å²) in [7, 11) is 0. The van der Waals surface area contributed by atoms with Gasteiger partial charge in [-0.25, -0.2) is 0 Å². The van der Waals surface area contributed by atoms with Crippen molar-refractivity contribution in [3.8, 4) is 6.07 Å². The van der Waals surface area contributed by atoms with Crippen molar-refractivity contribution in [1.29, 1.82) is 5.26 Å². The maximum absolute atomic E-state index is 9.19. The smallest absolute Gasteiger partial charge is 0.156 e. The Morgan fingerprint density at radius 1 is 1.54 bits per heavy atom. The zero-order chi connectivity index (χ0) is 9.90. The minimum atomic E-state index is -0.494. The van der Waals surface area contributed by atoms with E-state index in [2.05, 4.69) is 19.9 Å². The Balaban J connectivity index is 2.78. The van der Waals surface area contributed by atoms with Crippen LogP contribution in [0.1, 0.15) is 40.0 Å². The second kappa shape index (κ2) is 4.11. The minimum absolute atomic E-state index is 0.367. The van der Waals surface area contributed by atoms with Crippen molar-refractivity contribution in [3.63, 3.8) is 0 Å². The lowest BCUT2D eigenvalue weighted by Crippen LogP contribution is -2.44. The fourth-order valence-electron chi connectivity index (χ4n) is 2.28. The minimum Gasteiger partial charge on any atom is -0.360 e. The average Bonchev–Trinajstić information content (AvgIpc) is 2.13. The molecule has 0 bridgehead atoms. The van der Waals surface area contributed by atoms with Crippen molar-refractivity contribution in [3.05, 3.63) is 0 Å². The third-order valence-electron chi connectivity index (χ3n) is 3.39. The summed E-state index contributed by atoms with van der Waals surface area (Å²) in [5.74, 6) is 0.978. The van der Waals surface area contributed by atoms with Gasteiger partial charge in [-0.1, -0.05) is 20.3 Å². The summed E-state index contributed by atoms with van der Waals surface area (Å²) >= 11 is 0. The van der Waals surface area contributed by atoms with Gasteiger partial charge in [-0.05, 0) is 25.7 Å². The molecule has 1 rings (SSSR count). The van der Waals surface area contributed by atoms with E-state index in [9.17, 15) is 5.26 Å². The van der Waals surface area contributed by atoms with E-state index in [1.54, 1.807) is 0 Å². The number of hydrogen-bond donors (Lipinski definition) is 0. The molecule has 2 nitrogen and oxygen atoms in total. The monoisotopic (exact) mass is 181 g/mol. The summed E-state index contributed by atoms with van der Waals surface area (Å²) in [6.07, 6.45) is 3.26. The van der Waals surface area contributed by atoms with Crippen LogP contribution in [0, 0.1) is 23.2 Å². The molecule has 1 saturated carbocycles. The molecular formula is C11H19NO. The molecule has 2 heteroatoms. The molecule has 0 radical (unpaired) electrons. The molecule has 0 amide bonds. The van der Waals surface area contributed by atoms with Gasteiger partial charge in [-0.15, -0.1) is 0 Å². The number of nitriles is 1. The van der Waals surface area contributed by atoms with Crippen molar-refractivity contribution in [2.24, 2.45) is 11.8 Å². The summed E-state index contributed by atoms with van der Waals surface area (Å²) in [6.45, 7) is 6.97. The van der Waals surface area contributed by atoms with Gasteiger partial charge >= 0.3 is 0 Å². The topological polar surface area (TPSA) is 33.0 Å². The molecule has 3 unspecified atom stereocenters. The first-order valence-corrected chi connectivity index (χ1v) is 5.21. The van der Waals surface area contributed by atoms with E-state index < -0.39 is 5.60 Å². The third-order valence-corrected chi connectivity index (χ3v) is 3.39. The molecule has 0 spiro atoms. The third kappa shape index (κ3) is 1.86. The van der Waals surface area contributed by atoms with Gasteiger partial charge in [0.05, 0.1) is 6.07 Å². The van der Waals surface area contributed by atoms with E-state index in [1.165, 1.54) is 6.42 Å². The summed E-state index contributed by atoms with van der Waals surface area (Å²) in [5, 5.41) is 9.19. The molecule has 0 aromatic carbocycles. The SMILES string of the molecule is CCOC1(C#N)CCCC(C)C1C. The molecule has 13 heavy (non-hydrogen) atoms. The van der Waals surface area contributed by atoms with Crippen molar-refractivity contribution in [2.75, 3.05) is 6.61 Å². The molecule has 0 saturated heterocycles. The summed E-state index contributed by atoms with van der Waals surface area (Å²) in [5.41, 5.74) is -0.494.